The summed E-state index contributed by atoms with van der Waals surface area (Å²) in [6.45, 7) is 1.24. The summed E-state index contributed by atoms with van der Waals surface area (Å²) in [5, 5.41) is 5.21. The smallest absolute Gasteiger partial charge is 0.124 e. The van der Waals surface area contributed by atoms with Crippen LogP contribution in [0.1, 0.15) is 43.2 Å². The van der Waals surface area contributed by atoms with Crippen LogP contribution in [0, 0.1) is 23.7 Å². The molecule has 4 aliphatic carbocycles. The van der Waals surface area contributed by atoms with E-state index in [2.05, 4.69) is 17.4 Å². The molecule has 0 atom stereocenters. The van der Waals surface area contributed by atoms with Gasteiger partial charge in [0.1, 0.15) is 12.4 Å². The molecule has 0 radical (unpaired) electrons. The minimum atomic E-state index is 0.382. The zero-order chi connectivity index (χ0) is 19.1. The molecular formula is C24H27Cl2NO. The molecule has 4 bridgehead atoms. The van der Waals surface area contributed by atoms with E-state index in [-0.39, 0.29) is 0 Å². The highest BCUT2D eigenvalue weighted by molar-refractivity contribution is 6.35. The zero-order valence-corrected chi connectivity index (χ0v) is 17.6. The fourth-order valence-corrected chi connectivity index (χ4v) is 6.60. The van der Waals surface area contributed by atoms with E-state index in [1.807, 2.05) is 30.3 Å². The molecule has 6 rings (SSSR count). The summed E-state index contributed by atoms with van der Waals surface area (Å²) in [4.78, 5) is 0. The maximum atomic E-state index is 6.29. The van der Waals surface area contributed by atoms with Gasteiger partial charge in [-0.25, -0.2) is 0 Å². The predicted octanol–water partition coefficient (Wildman–Crippen LogP) is 6.49. The van der Waals surface area contributed by atoms with Gasteiger partial charge in [0.25, 0.3) is 0 Å². The summed E-state index contributed by atoms with van der Waals surface area (Å²) in [5.74, 6) is 4.69. The van der Waals surface area contributed by atoms with Crippen molar-refractivity contribution >= 4 is 23.2 Å². The maximum absolute atomic E-state index is 6.29. The quantitative estimate of drug-likeness (QED) is 0.581. The Labute approximate surface area is 177 Å². The normalized spacial score (nSPS) is 30.6. The lowest BCUT2D eigenvalue weighted by atomic mass is 9.54. The predicted molar refractivity (Wildman–Crippen MR) is 115 cm³/mol. The Morgan fingerprint density at radius 2 is 1.46 bits per heavy atom. The molecule has 4 fully saturated rings. The Kier molecular flexibility index (Phi) is 5.30. The van der Waals surface area contributed by atoms with Crippen molar-refractivity contribution in [3.63, 3.8) is 0 Å². The van der Waals surface area contributed by atoms with Crippen molar-refractivity contribution in [3.8, 4) is 5.75 Å². The molecule has 4 heteroatoms. The van der Waals surface area contributed by atoms with E-state index < -0.39 is 0 Å². The first-order chi connectivity index (χ1) is 13.7. The Bertz CT molecular complexity index is 804. The zero-order valence-electron chi connectivity index (χ0n) is 16.0. The molecule has 1 N–H and O–H groups in total. The molecule has 148 valence electrons. The monoisotopic (exact) mass is 415 g/mol. The molecule has 0 heterocycles. The van der Waals surface area contributed by atoms with E-state index in [0.29, 0.717) is 22.7 Å². The first-order valence-electron chi connectivity index (χ1n) is 10.5. The number of ether oxygens (including phenoxy) is 1. The molecule has 0 aromatic heterocycles. The van der Waals surface area contributed by atoms with E-state index in [4.69, 9.17) is 27.9 Å². The van der Waals surface area contributed by atoms with Crippen molar-refractivity contribution in [1.82, 2.24) is 5.32 Å². The van der Waals surface area contributed by atoms with Crippen LogP contribution in [0.2, 0.25) is 10.0 Å². The third kappa shape index (κ3) is 3.67. The largest absolute Gasteiger partial charge is 0.488 e. The molecule has 0 amide bonds. The van der Waals surface area contributed by atoms with Gasteiger partial charge in [-0.05, 0) is 74.0 Å². The van der Waals surface area contributed by atoms with E-state index in [1.54, 1.807) is 0 Å². The van der Waals surface area contributed by atoms with Crippen molar-refractivity contribution in [1.29, 1.82) is 0 Å². The highest BCUT2D eigenvalue weighted by Gasteiger charge is 2.47. The van der Waals surface area contributed by atoms with Gasteiger partial charge in [-0.1, -0.05) is 47.5 Å². The third-order valence-corrected chi connectivity index (χ3v) is 7.87. The molecule has 2 aromatic rings. The second-order valence-electron chi connectivity index (χ2n) is 8.93. The van der Waals surface area contributed by atoms with Crippen molar-refractivity contribution in [2.75, 3.05) is 0 Å². The molecule has 0 aliphatic heterocycles. The highest BCUT2D eigenvalue weighted by atomic mass is 35.5. The molecular weight excluding hydrogens is 389 g/mol. The van der Waals surface area contributed by atoms with Gasteiger partial charge in [0.05, 0.1) is 0 Å². The fourth-order valence-electron chi connectivity index (χ4n) is 6.10. The number of hydrogen-bond donors (Lipinski definition) is 1. The molecule has 2 nitrogen and oxygen atoms in total. The maximum Gasteiger partial charge on any atom is 0.124 e. The number of rotatable bonds is 6. The Balaban J connectivity index is 1.25. The van der Waals surface area contributed by atoms with Gasteiger partial charge in [-0.15, -0.1) is 0 Å². The van der Waals surface area contributed by atoms with Crippen LogP contribution in [-0.4, -0.2) is 6.04 Å². The Morgan fingerprint density at radius 1 is 0.821 bits per heavy atom. The average Bonchev–Trinajstić information content (AvgIpc) is 2.67. The van der Waals surface area contributed by atoms with E-state index in [9.17, 15) is 0 Å². The topological polar surface area (TPSA) is 21.3 Å². The molecule has 2 aromatic carbocycles. The highest BCUT2D eigenvalue weighted by Crippen LogP contribution is 2.53. The van der Waals surface area contributed by atoms with Crippen LogP contribution in [0.5, 0.6) is 5.75 Å². The number of nitrogens with one attached hydrogen (secondary N) is 1. The minimum Gasteiger partial charge on any atom is -0.488 e. The van der Waals surface area contributed by atoms with Crippen LogP contribution >= 0.6 is 23.2 Å². The summed E-state index contributed by atoms with van der Waals surface area (Å²) >= 11 is 12.6. The summed E-state index contributed by atoms with van der Waals surface area (Å²) in [6, 6.07) is 14.6. The standard InChI is InChI=1S/C24H27Cl2NO/c25-21-5-3-6-22(26)20(21)14-28-23-7-2-1-4-17(23)13-27-24-18-9-15-8-16(11-18)12-19(24)10-15/h1-7,15-16,18-19,24,27H,8-14H2. The first kappa shape index (κ1) is 18.8. The average molecular weight is 416 g/mol. The lowest BCUT2D eigenvalue weighted by molar-refractivity contribution is -0.0143. The Morgan fingerprint density at radius 3 is 2.14 bits per heavy atom. The van der Waals surface area contributed by atoms with Gasteiger partial charge in [0.15, 0.2) is 0 Å². The molecule has 0 saturated heterocycles. The molecule has 0 spiro atoms. The van der Waals surface area contributed by atoms with Gasteiger partial charge in [0, 0.05) is 33.8 Å². The SMILES string of the molecule is Clc1cccc(Cl)c1COc1ccccc1CNC1C2CC3CC(C2)CC1C3. The van der Waals surface area contributed by atoms with Crippen molar-refractivity contribution < 1.29 is 4.74 Å². The van der Waals surface area contributed by atoms with Crippen LogP contribution < -0.4 is 10.1 Å². The number of halogens is 2. The van der Waals surface area contributed by atoms with E-state index in [1.165, 1.54) is 37.7 Å². The summed E-state index contributed by atoms with van der Waals surface area (Å²) in [6.07, 6.45) is 7.25. The summed E-state index contributed by atoms with van der Waals surface area (Å²) in [7, 11) is 0. The van der Waals surface area contributed by atoms with Gasteiger partial charge in [-0.3, -0.25) is 0 Å². The van der Waals surface area contributed by atoms with Gasteiger partial charge < -0.3 is 10.1 Å². The van der Waals surface area contributed by atoms with Crippen LogP contribution in [0.25, 0.3) is 0 Å². The first-order valence-corrected chi connectivity index (χ1v) is 11.3. The van der Waals surface area contributed by atoms with Crippen LogP contribution in [0.15, 0.2) is 42.5 Å². The van der Waals surface area contributed by atoms with Gasteiger partial charge in [0.2, 0.25) is 0 Å². The molecule has 4 saturated carbocycles. The van der Waals surface area contributed by atoms with Crippen LogP contribution in [0.3, 0.4) is 0 Å². The summed E-state index contributed by atoms with van der Waals surface area (Å²) < 4.78 is 6.13. The number of hydrogen-bond acceptors (Lipinski definition) is 2. The molecule has 0 unspecified atom stereocenters. The van der Waals surface area contributed by atoms with Crippen molar-refractivity contribution in [2.45, 2.75) is 51.3 Å². The van der Waals surface area contributed by atoms with E-state index >= 15 is 0 Å². The second-order valence-corrected chi connectivity index (χ2v) is 9.75. The van der Waals surface area contributed by atoms with Crippen molar-refractivity contribution in [3.05, 3.63) is 63.6 Å². The second kappa shape index (κ2) is 7.89. The summed E-state index contributed by atoms with van der Waals surface area (Å²) in [5.41, 5.74) is 2.05. The van der Waals surface area contributed by atoms with Crippen molar-refractivity contribution in [2.24, 2.45) is 23.7 Å². The lowest BCUT2D eigenvalue weighted by Gasteiger charge is -2.54. The van der Waals surface area contributed by atoms with Crippen LogP contribution in [0.4, 0.5) is 0 Å². The number of benzene rings is 2. The number of para-hydroxylation sites is 1. The van der Waals surface area contributed by atoms with Gasteiger partial charge in [-0.2, -0.15) is 0 Å². The fraction of sp³-hybridized carbons (Fsp3) is 0.500. The minimum absolute atomic E-state index is 0.382. The van der Waals surface area contributed by atoms with Crippen LogP contribution in [-0.2, 0) is 13.2 Å². The molecule has 28 heavy (non-hydrogen) atoms. The molecule has 4 aliphatic rings. The Hall–Kier alpha value is -1.22. The third-order valence-electron chi connectivity index (χ3n) is 7.16. The van der Waals surface area contributed by atoms with E-state index in [0.717, 1.165) is 41.5 Å². The lowest BCUT2D eigenvalue weighted by Crippen LogP contribution is -2.54. The van der Waals surface area contributed by atoms with Gasteiger partial charge >= 0.3 is 0 Å².